The first-order valence-electron chi connectivity index (χ1n) is 8.39. The molecule has 3 aromatic rings. The summed E-state index contributed by atoms with van der Waals surface area (Å²) >= 11 is 0. The first-order valence-corrected chi connectivity index (χ1v) is 8.39. The van der Waals surface area contributed by atoms with Crippen molar-refractivity contribution < 1.29 is 13.2 Å². The van der Waals surface area contributed by atoms with Crippen LogP contribution in [0.25, 0.3) is 0 Å². The number of anilines is 3. The largest absolute Gasteiger partial charge is 0.416 e. The second-order valence-corrected chi connectivity index (χ2v) is 6.20. The average molecular weight is 372 g/mol. The molecule has 0 amide bonds. The van der Waals surface area contributed by atoms with Gasteiger partial charge in [0.15, 0.2) is 0 Å². The summed E-state index contributed by atoms with van der Waals surface area (Å²) in [5, 5.41) is 6.20. The molecule has 0 radical (unpaired) electrons. The molecule has 0 fully saturated rings. The maximum atomic E-state index is 12.7. The van der Waals surface area contributed by atoms with Crippen LogP contribution < -0.4 is 10.6 Å². The molecule has 0 bridgehead atoms. The molecule has 0 aliphatic heterocycles. The minimum atomic E-state index is -4.35. The quantitative estimate of drug-likeness (QED) is 0.624. The van der Waals surface area contributed by atoms with Crippen LogP contribution in [0.4, 0.5) is 30.6 Å². The molecule has 27 heavy (non-hydrogen) atoms. The molecule has 0 spiro atoms. The number of aromatic nitrogens is 2. The van der Waals surface area contributed by atoms with Crippen molar-refractivity contribution in [3.05, 3.63) is 77.0 Å². The zero-order valence-electron chi connectivity index (χ0n) is 14.9. The fraction of sp³-hybridized carbons (Fsp3) is 0.200. The molecular formula is C20H19F3N4. The number of hydrogen-bond acceptors (Lipinski definition) is 4. The van der Waals surface area contributed by atoms with Gasteiger partial charge in [-0.3, -0.25) is 0 Å². The normalized spacial score (nSPS) is 11.3. The Morgan fingerprint density at radius 2 is 1.63 bits per heavy atom. The van der Waals surface area contributed by atoms with Crippen molar-refractivity contribution in [1.82, 2.24) is 9.97 Å². The lowest BCUT2D eigenvalue weighted by atomic mass is 10.1. The number of hydrogen-bond donors (Lipinski definition) is 2. The van der Waals surface area contributed by atoms with Gasteiger partial charge >= 0.3 is 6.18 Å². The summed E-state index contributed by atoms with van der Waals surface area (Å²) in [4.78, 5) is 8.74. The van der Waals surface area contributed by atoms with E-state index >= 15 is 0 Å². The number of aryl methyl sites for hydroxylation is 2. The molecule has 2 N–H and O–H groups in total. The van der Waals surface area contributed by atoms with Crippen LogP contribution in [-0.4, -0.2) is 9.97 Å². The number of rotatable bonds is 5. The summed E-state index contributed by atoms with van der Waals surface area (Å²) < 4.78 is 38.0. The van der Waals surface area contributed by atoms with E-state index in [1.54, 1.807) is 6.07 Å². The highest BCUT2D eigenvalue weighted by Gasteiger charge is 2.29. The smallest absolute Gasteiger partial charge is 0.350 e. The highest BCUT2D eigenvalue weighted by atomic mass is 19.4. The number of alkyl halides is 3. The van der Waals surface area contributed by atoms with Gasteiger partial charge in [-0.15, -0.1) is 0 Å². The Balaban J connectivity index is 1.72. The molecule has 0 saturated heterocycles. The van der Waals surface area contributed by atoms with Gasteiger partial charge in [0.25, 0.3) is 0 Å². The van der Waals surface area contributed by atoms with E-state index in [-0.39, 0.29) is 0 Å². The second-order valence-electron chi connectivity index (χ2n) is 6.20. The van der Waals surface area contributed by atoms with Crippen molar-refractivity contribution in [3.8, 4) is 0 Å². The fourth-order valence-corrected chi connectivity index (χ4v) is 2.58. The third kappa shape index (κ3) is 4.97. The van der Waals surface area contributed by atoms with E-state index in [1.807, 2.05) is 38.1 Å². The minimum absolute atomic E-state index is 0.452. The van der Waals surface area contributed by atoms with Crippen molar-refractivity contribution in [1.29, 1.82) is 0 Å². The fourth-order valence-electron chi connectivity index (χ4n) is 2.58. The Bertz CT molecular complexity index is 921. The monoisotopic (exact) mass is 372 g/mol. The molecule has 3 rings (SSSR count). The molecule has 2 aromatic carbocycles. The van der Waals surface area contributed by atoms with Gasteiger partial charge in [0, 0.05) is 24.0 Å². The summed E-state index contributed by atoms with van der Waals surface area (Å²) in [5.41, 5.74) is 2.88. The van der Waals surface area contributed by atoms with Gasteiger partial charge in [-0.1, -0.05) is 24.3 Å². The van der Waals surface area contributed by atoms with Crippen LogP contribution in [0.3, 0.4) is 0 Å². The predicted octanol–water partition coefficient (Wildman–Crippen LogP) is 5.47. The molecular weight excluding hydrogens is 353 g/mol. The van der Waals surface area contributed by atoms with Crippen molar-refractivity contribution in [2.75, 3.05) is 10.6 Å². The lowest BCUT2D eigenvalue weighted by Gasteiger charge is -2.12. The minimum Gasteiger partial charge on any atom is -0.350 e. The van der Waals surface area contributed by atoms with Crippen LogP contribution in [-0.2, 0) is 12.7 Å². The molecule has 0 aliphatic carbocycles. The van der Waals surface area contributed by atoms with Gasteiger partial charge in [-0.2, -0.15) is 18.2 Å². The molecule has 0 unspecified atom stereocenters. The van der Waals surface area contributed by atoms with Gasteiger partial charge in [0.1, 0.15) is 5.82 Å². The van der Waals surface area contributed by atoms with Crippen molar-refractivity contribution >= 4 is 17.5 Å². The third-order valence-corrected chi connectivity index (χ3v) is 4.04. The van der Waals surface area contributed by atoms with E-state index in [2.05, 4.69) is 20.6 Å². The van der Waals surface area contributed by atoms with E-state index in [9.17, 15) is 13.2 Å². The molecule has 0 atom stereocenters. The Morgan fingerprint density at radius 1 is 0.926 bits per heavy atom. The van der Waals surface area contributed by atoms with Crippen LogP contribution in [0.1, 0.15) is 22.4 Å². The van der Waals surface area contributed by atoms with Crippen LogP contribution in [0.2, 0.25) is 0 Å². The Hall–Kier alpha value is -3.09. The Kier molecular flexibility index (Phi) is 5.30. The predicted molar refractivity (Wildman–Crippen MR) is 100 cm³/mol. The van der Waals surface area contributed by atoms with Gasteiger partial charge in [-0.05, 0) is 49.2 Å². The van der Waals surface area contributed by atoms with Gasteiger partial charge in [0.2, 0.25) is 5.95 Å². The van der Waals surface area contributed by atoms with Gasteiger partial charge in [-0.25, -0.2) is 4.98 Å². The number of nitrogens with one attached hydrogen (secondary N) is 2. The molecule has 1 heterocycles. The molecule has 7 heteroatoms. The summed E-state index contributed by atoms with van der Waals surface area (Å²) in [7, 11) is 0. The second kappa shape index (κ2) is 7.65. The zero-order valence-corrected chi connectivity index (χ0v) is 14.9. The number of benzene rings is 2. The van der Waals surface area contributed by atoms with Crippen LogP contribution in [0.5, 0.6) is 0 Å². The highest BCUT2D eigenvalue weighted by Crippen LogP contribution is 2.30. The summed E-state index contributed by atoms with van der Waals surface area (Å²) in [6.45, 7) is 4.44. The SMILES string of the molecule is Cc1cc(Nc2ccc(C(F)(F)F)cc2)nc(NCc2ccccc2C)n1. The van der Waals surface area contributed by atoms with Gasteiger partial charge in [0.05, 0.1) is 5.56 Å². The highest BCUT2D eigenvalue weighted by molar-refractivity contribution is 5.58. The van der Waals surface area contributed by atoms with Crippen molar-refractivity contribution in [3.63, 3.8) is 0 Å². The van der Waals surface area contributed by atoms with Crippen molar-refractivity contribution in [2.24, 2.45) is 0 Å². The van der Waals surface area contributed by atoms with E-state index in [0.29, 0.717) is 24.0 Å². The van der Waals surface area contributed by atoms with Crippen LogP contribution in [0, 0.1) is 13.8 Å². The van der Waals surface area contributed by atoms with Crippen molar-refractivity contribution in [2.45, 2.75) is 26.6 Å². The van der Waals surface area contributed by atoms with Crippen LogP contribution >= 0.6 is 0 Å². The standard InChI is InChI=1S/C20H19F3N4/c1-13-5-3-4-6-15(13)12-24-19-25-14(2)11-18(27-19)26-17-9-7-16(8-10-17)20(21,22)23/h3-11H,12H2,1-2H3,(H2,24,25,26,27). The first-order chi connectivity index (χ1) is 12.8. The third-order valence-electron chi connectivity index (χ3n) is 4.04. The maximum Gasteiger partial charge on any atom is 0.416 e. The summed E-state index contributed by atoms with van der Waals surface area (Å²) in [5.74, 6) is 0.960. The molecule has 140 valence electrons. The average Bonchev–Trinajstić information content (AvgIpc) is 2.60. The Labute approximate surface area is 155 Å². The number of halogens is 3. The topological polar surface area (TPSA) is 49.8 Å². The van der Waals surface area contributed by atoms with E-state index < -0.39 is 11.7 Å². The summed E-state index contributed by atoms with van der Waals surface area (Å²) in [6.07, 6.45) is -4.35. The maximum absolute atomic E-state index is 12.7. The molecule has 0 saturated carbocycles. The van der Waals surface area contributed by atoms with E-state index in [4.69, 9.17) is 0 Å². The lowest BCUT2D eigenvalue weighted by molar-refractivity contribution is -0.137. The molecule has 4 nitrogen and oxygen atoms in total. The lowest BCUT2D eigenvalue weighted by Crippen LogP contribution is -2.07. The molecule has 0 aliphatic rings. The zero-order chi connectivity index (χ0) is 19.4. The van der Waals surface area contributed by atoms with Crippen LogP contribution in [0.15, 0.2) is 54.6 Å². The van der Waals surface area contributed by atoms with E-state index in [1.165, 1.54) is 17.7 Å². The summed E-state index contributed by atoms with van der Waals surface area (Å²) in [6, 6.07) is 14.6. The number of nitrogens with zero attached hydrogens (tertiary/aromatic N) is 2. The molecule has 1 aromatic heterocycles. The Morgan fingerprint density at radius 3 is 2.30 bits per heavy atom. The first kappa shape index (κ1) is 18.7. The van der Waals surface area contributed by atoms with E-state index in [0.717, 1.165) is 23.4 Å². The van der Waals surface area contributed by atoms with Gasteiger partial charge < -0.3 is 10.6 Å².